The summed E-state index contributed by atoms with van der Waals surface area (Å²) < 4.78 is 39.4. The molecule has 9 heteroatoms. The number of nitrogens with one attached hydrogen (secondary N) is 1. The number of hydrogen-bond donors (Lipinski definition) is 1. The summed E-state index contributed by atoms with van der Waals surface area (Å²) in [6.07, 6.45) is -3.92. The van der Waals surface area contributed by atoms with Crippen LogP contribution in [0.2, 0.25) is 10.0 Å². The lowest BCUT2D eigenvalue weighted by Gasteiger charge is -2.08. The van der Waals surface area contributed by atoms with E-state index in [1.54, 1.807) is 31.2 Å². The Labute approximate surface area is 149 Å². The van der Waals surface area contributed by atoms with Gasteiger partial charge in [-0.15, -0.1) is 0 Å². The van der Waals surface area contributed by atoms with E-state index in [1.165, 1.54) is 4.68 Å². The second-order valence-corrected chi connectivity index (χ2v) is 6.07. The van der Waals surface area contributed by atoms with Gasteiger partial charge in [0.05, 0.1) is 32.6 Å². The first-order valence-electron chi connectivity index (χ1n) is 7.00. The van der Waals surface area contributed by atoms with Gasteiger partial charge in [-0.05, 0) is 25.1 Å². The number of H-pyrrole nitrogens is 1. The quantitative estimate of drug-likeness (QED) is 0.682. The van der Waals surface area contributed by atoms with Gasteiger partial charge in [-0.1, -0.05) is 35.3 Å². The zero-order valence-corrected chi connectivity index (χ0v) is 14.2. The fourth-order valence-corrected chi connectivity index (χ4v) is 2.89. The normalized spacial score (nSPS) is 11.8. The monoisotopic (exact) mass is 387 g/mol. The molecule has 0 atom stereocenters. The molecule has 3 aromatic rings. The predicted molar refractivity (Wildman–Crippen MR) is 89.4 cm³/mol. The summed E-state index contributed by atoms with van der Waals surface area (Å²) in [5.74, 6) is 0. The van der Waals surface area contributed by atoms with Crippen LogP contribution in [0.1, 0.15) is 11.3 Å². The lowest BCUT2D eigenvalue weighted by molar-refractivity contribution is -0.137. The van der Waals surface area contributed by atoms with Crippen molar-refractivity contribution in [3.05, 3.63) is 68.2 Å². The molecule has 0 saturated heterocycles. The number of aryl methyl sites for hydroxylation is 1. The molecule has 0 aliphatic heterocycles. The van der Waals surface area contributed by atoms with E-state index in [0.29, 0.717) is 22.6 Å². The van der Waals surface area contributed by atoms with Gasteiger partial charge in [0.1, 0.15) is 0 Å². The molecule has 25 heavy (non-hydrogen) atoms. The summed E-state index contributed by atoms with van der Waals surface area (Å²) in [5.41, 5.74) is -0.635. The Morgan fingerprint density at radius 2 is 1.84 bits per heavy atom. The maximum absolute atomic E-state index is 12.7. The zero-order valence-electron chi connectivity index (χ0n) is 12.7. The van der Waals surface area contributed by atoms with Crippen LogP contribution < -0.4 is 5.56 Å². The van der Waals surface area contributed by atoms with Gasteiger partial charge in [0.25, 0.3) is 5.56 Å². The van der Waals surface area contributed by atoms with E-state index in [0.717, 1.165) is 6.07 Å². The lowest BCUT2D eigenvalue weighted by atomic mass is 10.1. The minimum absolute atomic E-state index is 0.0285. The van der Waals surface area contributed by atoms with Crippen LogP contribution in [0.3, 0.4) is 0 Å². The molecule has 0 aliphatic carbocycles. The highest BCUT2D eigenvalue weighted by molar-refractivity contribution is 6.33. The highest BCUT2D eigenvalue weighted by atomic mass is 35.5. The van der Waals surface area contributed by atoms with Gasteiger partial charge in [0, 0.05) is 11.9 Å². The number of aromatic amines is 1. The summed E-state index contributed by atoms with van der Waals surface area (Å²) in [6, 6.07) is 7.40. The third-order valence-electron chi connectivity index (χ3n) is 3.57. The van der Waals surface area contributed by atoms with Gasteiger partial charge in [-0.25, -0.2) is 4.68 Å². The van der Waals surface area contributed by atoms with Gasteiger partial charge in [0.2, 0.25) is 0 Å². The third kappa shape index (κ3) is 3.17. The summed E-state index contributed by atoms with van der Waals surface area (Å²) in [7, 11) is 0. The Morgan fingerprint density at radius 1 is 1.16 bits per heavy atom. The molecule has 0 unspecified atom stereocenters. The molecule has 0 bridgehead atoms. The molecular formula is C16H10Cl2F3N3O. The maximum atomic E-state index is 12.7. The van der Waals surface area contributed by atoms with Gasteiger partial charge < -0.3 is 0 Å². The SMILES string of the molecule is Cc1[nH]n(-c2ccccc2Cl)c(=O)c1-c1ncc(C(F)(F)F)cc1Cl. The van der Waals surface area contributed by atoms with Gasteiger partial charge in [-0.3, -0.25) is 14.9 Å². The number of halogens is 5. The average molecular weight is 388 g/mol. The van der Waals surface area contributed by atoms with E-state index in [4.69, 9.17) is 23.2 Å². The summed E-state index contributed by atoms with van der Waals surface area (Å²) in [4.78, 5) is 16.5. The van der Waals surface area contributed by atoms with Gasteiger partial charge in [0.15, 0.2) is 0 Å². The molecule has 1 N–H and O–H groups in total. The predicted octanol–water partition coefficient (Wildman–Crippen LogP) is 4.86. The molecule has 4 nitrogen and oxygen atoms in total. The molecule has 2 heterocycles. The van der Waals surface area contributed by atoms with Crippen LogP contribution in [0.4, 0.5) is 13.2 Å². The lowest BCUT2D eigenvalue weighted by Crippen LogP contribution is -2.16. The van der Waals surface area contributed by atoms with Crippen molar-refractivity contribution >= 4 is 23.2 Å². The molecule has 0 aliphatic rings. The van der Waals surface area contributed by atoms with Crippen molar-refractivity contribution < 1.29 is 13.2 Å². The number of benzene rings is 1. The first-order chi connectivity index (χ1) is 11.7. The topological polar surface area (TPSA) is 50.7 Å². The highest BCUT2D eigenvalue weighted by Gasteiger charge is 2.32. The second kappa shape index (κ2) is 6.24. The van der Waals surface area contributed by atoms with Crippen LogP contribution in [0.5, 0.6) is 0 Å². The number of alkyl halides is 3. The molecule has 3 rings (SSSR count). The van der Waals surface area contributed by atoms with Crippen molar-refractivity contribution in [3.8, 4) is 16.9 Å². The van der Waals surface area contributed by atoms with Crippen molar-refractivity contribution in [2.75, 3.05) is 0 Å². The first kappa shape index (κ1) is 17.6. The molecule has 130 valence electrons. The van der Waals surface area contributed by atoms with E-state index >= 15 is 0 Å². The number of nitrogens with zero attached hydrogens (tertiary/aromatic N) is 2. The highest BCUT2D eigenvalue weighted by Crippen LogP contribution is 2.34. The molecule has 0 saturated carbocycles. The standard InChI is InChI=1S/C16H10Cl2F3N3O/c1-8-13(14-11(18)6-9(7-22-14)16(19,20)21)15(25)24(23-8)12-5-3-2-4-10(12)17/h2-7,23H,1H3. The Hall–Kier alpha value is -2.25. The van der Waals surface area contributed by atoms with Crippen molar-refractivity contribution in [1.82, 2.24) is 14.8 Å². The van der Waals surface area contributed by atoms with Crippen molar-refractivity contribution in [3.63, 3.8) is 0 Å². The molecule has 0 radical (unpaired) electrons. The number of aromatic nitrogens is 3. The Morgan fingerprint density at radius 3 is 2.44 bits per heavy atom. The smallest absolute Gasteiger partial charge is 0.295 e. The Kier molecular flexibility index (Phi) is 4.38. The van der Waals surface area contributed by atoms with Crippen LogP contribution in [0.25, 0.3) is 16.9 Å². The molecule has 2 aromatic heterocycles. The third-order valence-corrected chi connectivity index (χ3v) is 4.18. The molecule has 0 amide bonds. The average Bonchev–Trinajstić information content (AvgIpc) is 2.82. The van der Waals surface area contributed by atoms with Crippen LogP contribution in [0, 0.1) is 6.92 Å². The molecule has 1 aromatic carbocycles. The molecular weight excluding hydrogens is 378 g/mol. The van der Waals surface area contributed by atoms with Crippen LogP contribution in [-0.4, -0.2) is 14.8 Å². The minimum Gasteiger partial charge on any atom is -0.295 e. The number of pyridine rings is 1. The van der Waals surface area contributed by atoms with Gasteiger partial charge >= 0.3 is 6.18 Å². The number of rotatable bonds is 2. The first-order valence-corrected chi connectivity index (χ1v) is 7.75. The van der Waals surface area contributed by atoms with Crippen LogP contribution in [-0.2, 0) is 6.18 Å². The summed E-state index contributed by atoms with van der Waals surface area (Å²) in [5, 5.41) is 2.91. The van der Waals surface area contributed by atoms with Crippen LogP contribution >= 0.6 is 23.2 Å². The zero-order chi connectivity index (χ0) is 18.4. The fourth-order valence-electron chi connectivity index (χ4n) is 2.41. The van der Waals surface area contributed by atoms with Crippen molar-refractivity contribution in [1.29, 1.82) is 0 Å². The maximum Gasteiger partial charge on any atom is 0.417 e. The molecule has 0 fully saturated rings. The van der Waals surface area contributed by atoms with E-state index < -0.39 is 17.3 Å². The van der Waals surface area contributed by atoms with Crippen molar-refractivity contribution in [2.45, 2.75) is 13.1 Å². The Bertz CT molecular complexity index is 1010. The van der Waals surface area contributed by atoms with Crippen molar-refractivity contribution in [2.24, 2.45) is 0 Å². The van der Waals surface area contributed by atoms with E-state index in [1.807, 2.05) is 0 Å². The molecule has 0 spiro atoms. The van der Waals surface area contributed by atoms with E-state index in [2.05, 4.69) is 10.1 Å². The van der Waals surface area contributed by atoms with Gasteiger partial charge in [-0.2, -0.15) is 13.2 Å². The Balaban J connectivity index is 2.17. The summed E-state index contributed by atoms with van der Waals surface area (Å²) >= 11 is 12.0. The fraction of sp³-hybridized carbons (Fsp3) is 0.125. The minimum atomic E-state index is -4.57. The number of para-hydroxylation sites is 1. The second-order valence-electron chi connectivity index (χ2n) is 5.26. The van der Waals surface area contributed by atoms with Crippen LogP contribution in [0.15, 0.2) is 41.3 Å². The summed E-state index contributed by atoms with van der Waals surface area (Å²) in [6.45, 7) is 1.60. The van der Waals surface area contributed by atoms with E-state index in [9.17, 15) is 18.0 Å². The van der Waals surface area contributed by atoms with E-state index in [-0.39, 0.29) is 16.3 Å². The largest absolute Gasteiger partial charge is 0.417 e. The number of hydrogen-bond acceptors (Lipinski definition) is 2.